The van der Waals surface area contributed by atoms with Gasteiger partial charge in [-0.2, -0.15) is 12.6 Å². The first-order valence-corrected chi connectivity index (χ1v) is 4.98. The van der Waals surface area contributed by atoms with Crippen molar-refractivity contribution in [3.05, 3.63) is 0 Å². The molecule has 0 amide bonds. The maximum atomic E-state index is 4.68. The molecular weight excluding hydrogens is 140 g/mol. The normalized spacial score (nSPS) is 70.2. The highest BCUT2D eigenvalue weighted by molar-refractivity contribution is 7.81. The van der Waals surface area contributed by atoms with Gasteiger partial charge in [0, 0.05) is 5.25 Å². The van der Waals surface area contributed by atoms with Crippen LogP contribution in [-0.2, 0) is 0 Å². The Hall–Kier alpha value is 0.350. The van der Waals surface area contributed by atoms with Crippen LogP contribution in [0, 0.1) is 29.6 Å². The van der Waals surface area contributed by atoms with E-state index < -0.39 is 0 Å². The zero-order valence-electron chi connectivity index (χ0n) is 6.33. The zero-order valence-corrected chi connectivity index (χ0v) is 7.22. The molecule has 4 bridgehead atoms. The molecule has 4 aliphatic carbocycles. The summed E-state index contributed by atoms with van der Waals surface area (Å²) in [5, 5.41) is 0.766. The fourth-order valence-electron chi connectivity index (χ4n) is 3.80. The van der Waals surface area contributed by atoms with Gasteiger partial charge in [-0.05, 0) is 42.4 Å². The van der Waals surface area contributed by atoms with Gasteiger partial charge in [0.1, 0.15) is 0 Å². The van der Waals surface area contributed by atoms with Crippen molar-refractivity contribution in [2.45, 2.75) is 25.0 Å². The molecule has 6 atom stereocenters. The molecule has 0 radical (unpaired) electrons. The summed E-state index contributed by atoms with van der Waals surface area (Å²) in [5.41, 5.74) is 0. The van der Waals surface area contributed by atoms with E-state index in [-0.39, 0.29) is 0 Å². The van der Waals surface area contributed by atoms with Gasteiger partial charge < -0.3 is 0 Å². The highest BCUT2D eigenvalue weighted by Gasteiger charge is 2.63. The minimum Gasteiger partial charge on any atom is -0.175 e. The Morgan fingerprint density at radius 1 is 1.20 bits per heavy atom. The molecule has 0 nitrogen and oxygen atoms in total. The quantitative estimate of drug-likeness (QED) is 0.508. The molecule has 1 heteroatoms. The number of hydrogen-bond donors (Lipinski definition) is 1. The summed E-state index contributed by atoms with van der Waals surface area (Å²) < 4.78 is 0. The van der Waals surface area contributed by atoms with Crippen molar-refractivity contribution in [2.75, 3.05) is 0 Å². The van der Waals surface area contributed by atoms with Crippen molar-refractivity contribution in [1.29, 1.82) is 0 Å². The highest BCUT2D eigenvalue weighted by Crippen LogP contribution is 2.68. The van der Waals surface area contributed by atoms with Gasteiger partial charge in [-0.1, -0.05) is 6.92 Å². The zero-order chi connectivity index (χ0) is 6.88. The molecule has 4 rings (SSSR count). The topological polar surface area (TPSA) is 0 Å². The average Bonchev–Trinajstić information content (AvgIpc) is 2.41. The minimum atomic E-state index is 0.766. The van der Waals surface area contributed by atoms with E-state index >= 15 is 0 Å². The molecule has 0 spiro atoms. The van der Waals surface area contributed by atoms with E-state index in [1.807, 2.05) is 0 Å². The molecule has 0 aromatic heterocycles. The second kappa shape index (κ2) is 1.57. The highest BCUT2D eigenvalue weighted by atomic mass is 32.1. The van der Waals surface area contributed by atoms with Gasteiger partial charge in [0.15, 0.2) is 0 Å². The predicted octanol–water partition coefficient (Wildman–Crippen LogP) is 2.21. The van der Waals surface area contributed by atoms with Crippen molar-refractivity contribution in [1.82, 2.24) is 0 Å². The van der Waals surface area contributed by atoms with Crippen LogP contribution >= 0.6 is 12.6 Å². The van der Waals surface area contributed by atoms with Gasteiger partial charge >= 0.3 is 0 Å². The lowest BCUT2D eigenvalue weighted by Gasteiger charge is -2.37. The minimum absolute atomic E-state index is 0.766. The Kier molecular flexibility index (Phi) is 0.934. The maximum absolute atomic E-state index is 4.68. The fraction of sp³-hybridized carbons (Fsp3) is 1.00. The van der Waals surface area contributed by atoms with Crippen molar-refractivity contribution in [3.63, 3.8) is 0 Å². The Morgan fingerprint density at radius 2 is 1.90 bits per heavy atom. The smallest absolute Gasteiger partial charge is 0.00788 e. The van der Waals surface area contributed by atoms with Gasteiger partial charge in [-0.15, -0.1) is 0 Å². The van der Waals surface area contributed by atoms with Crippen molar-refractivity contribution in [3.8, 4) is 0 Å². The first-order valence-electron chi connectivity index (χ1n) is 4.47. The Bertz CT molecular complexity index is 164. The fourth-order valence-corrected chi connectivity index (χ4v) is 4.48. The van der Waals surface area contributed by atoms with Gasteiger partial charge in [-0.25, -0.2) is 0 Å². The van der Waals surface area contributed by atoms with E-state index in [2.05, 4.69) is 19.6 Å². The summed E-state index contributed by atoms with van der Waals surface area (Å²) in [6.45, 7) is 2.40. The molecule has 4 aliphatic rings. The van der Waals surface area contributed by atoms with E-state index in [0.29, 0.717) is 0 Å². The van der Waals surface area contributed by atoms with Crippen molar-refractivity contribution in [2.24, 2.45) is 29.6 Å². The van der Waals surface area contributed by atoms with Crippen LogP contribution in [0.2, 0.25) is 0 Å². The van der Waals surface area contributed by atoms with Crippen LogP contribution in [0.1, 0.15) is 19.8 Å². The molecule has 4 fully saturated rings. The second-order valence-corrected chi connectivity index (χ2v) is 5.08. The molecule has 0 N–H and O–H groups in total. The third-order valence-electron chi connectivity index (χ3n) is 4.35. The number of thiol groups is 1. The molecule has 0 aliphatic heterocycles. The van der Waals surface area contributed by atoms with E-state index in [9.17, 15) is 0 Å². The Morgan fingerprint density at radius 3 is 2.40 bits per heavy atom. The summed E-state index contributed by atoms with van der Waals surface area (Å²) in [7, 11) is 0. The molecular formula is C9H14S. The van der Waals surface area contributed by atoms with Crippen LogP contribution in [0.5, 0.6) is 0 Å². The Labute approximate surface area is 67.8 Å². The van der Waals surface area contributed by atoms with Crippen LogP contribution in [0.4, 0.5) is 0 Å². The lowest BCUT2D eigenvalue weighted by atomic mass is 9.72. The standard InChI is InChI=1S/C9H14S/c1-4-6-2-5-3-7(6)8(5)9(4)10/h4-10H,2-3H2,1H3. The van der Waals surface area contributed by atoms with Crippen LogP contribution in [0.15, 0.2) is 0 Å². The SMILES string of the molecule is CC1C(S)C2C3CC1C2C3. The molecule has 56 valence electrons. The third kappa shape index (κ3) is 0.431. The van der Waals surface area contributed by atoms with Gasteiger partial charge in [0.25, 0.3) is 0 Å². The molecule has 0 heterocycles. The first kappa shape index (κ1) is 5.93. The summed E-state index contributed by atoms with van der Waals surface area (Å²) in [6, 6.07) is 0. The second-order valence-electron chi connectivity index (χ2n) is 4.49. The van der Waals surface area contributed by atoms with Gasteiger partial charge in [0.2, 0.25) is 0 Å². The monoisotopic (exact) mass is 154 g/mol. The molecule has 0 saturated heterocycles. The molecule has 6 unspecified atom stereocenters. The summed E-state index contributed by atoms with van der Waals surface area (Å²) in [6.07, 6.45) is 3.10. The first-order chi connectivity index (χ1) is 4.79. The molecule has 0 aromatic rings. The number of rotatable bonds is 0. The average molecular weight is 154 g/mol. The maximum Gasteiger partial charge on any atom is 0.00788 e. The van der Waals surface area contributed by atoms with Crippen LogP contribution < -0.4 is 0 Å². The van der Waals surface area contributed by atoms with Crippen molar-refractivity contribution < 1.29 is 0 Å². The number of hydrogen-bond acceptors (Lipinski definition) is 1. The van der Waals surface area contributed by atoms with Gasteiger partial charge in [0.05, 0.1) is 0 Å². The van der Waals surface area contributed by atoms with Crippen LogP contribution in [0.25, 0.3) is 0 Å². The van der Waals surface area contributed by atoms with Crippen LogP contribution in [-0.4, -0.2) is 5.25 Å². The van der Waals surface area contributed by atoms with Crippen molar-refractivity contribution >= 4 is 12.6 Å². The van der Waals surface area contributed by atoms with Crippen LogP contribution in [0.3, 0.4) is 0 Å². The Balaban J connectivity index is 1.99. The summed E-state index contributed by atoms with van der Waals surface area (Å²) in [4.78, 5) is 0. The molecule has 10 heavy (non-hydrogen) atoms. The van der Waals surface area contributed by atoms with Gasteiger partial charge in [-0.3, -0.25) is 0 Å². The predicted molar refractivity (Wildman–Crippen MR) is 45.1 cm³/mol. The van der Waals surface area contributed by atoms with E-state index in [0.717, 1.165) is 34.8 Å². The lowest BCUT2D eigenvalue weighted by Crippen LogP contribution is -2.33. The van der Waals surface area contributed by atoms with E-state index in [1.54, 1.807) is 12.8 Å². The van der Waals surface area contributed by atoms with E-state index in [4.69, 9.17) is 0 Å². The molecule has 4 saturated carbocycles. The molecule has 0 aromatic carbocycles. The summed E-state index contributed by atoms with van der Waals surface area (Å²) in [5.74, 6) is 5.27. The third-order valence-corrected chi connectivity index (χ3v) is 5.16. The van der Waals surface area contributed by atoms with E-state index in [1.165, 1.54) is 0 Å². The lowest BCUT2D eigenvalue weighted by molar-refractivity contribution is 0.175. The largest absolute Gasteiger partial charge is 0.175 e. The summed E-state index contributed by atoms with van der Waals surface area (Å²) >= 11 is 4.68.